The van der Waals surface area contributed by atoms with Crippen LogP contribution in [0, 0.1) is 0 Å². The van der Waals surface area contributed by atoms with Crippen LogP contribution in [0.15, 0.2) is 72.8 Å². The molecule has 1 aliphatic heterocycles. The van der Waals surface area contributed by atoms with E-state index in [-0.39, 0.29) is 0 Å². The predicted octanol–water partition coefficient (Wildman–Crippen LogP) is 10.0. The van der Waals surface area contributed by atoms with Gasteiger partial charge in [0, 0.05) is 58.4 Å². The highest BCUT2D eigenvalue weighted by molar-refractivity contribution is 5.73. The smallest absolute Gasteiger partial charge is 0.127 e. The van der Waals surface area contributed by atoms with Gasteiger partial charge in [-0.15, -0.1) is 0 Å². The van der Waals surface area contributed by atoms with E-state index in [4.69, 9.17) is 28.4 Å². The van der Waals surface area contributed by atoms with Crippen molar-refractivity contribution in [2.24, 2.45) is 0 Å². The average Bonchev–Trinajstić information content (AvgIpc) is 3.12. The Morgan fingerprint density at radius 3 is 1.29 bits per heavy atom. The van der Waals surface area contributed by atoms with E-state index in [9.17, 15) is 0 Å². The number of para-hydroxylation sites is 2. The van der Waals surface area contributed by atoms with Crippen LogP contribution < -0.4 is 9.47 Å². The zero-order valence-electron chi connectivity index (χ0n) is 29.3. The van der Waals surface area contributed by atoms with E-state index in [0.717, 1.165) is 165 Å². The van der Waals surface area contributed by atoms with Crippen LogP contribution in [0.25, 0.3) is 11.1 Å². The van der Waals surface area contributed by atoms with Crippen molar-refractivity contribution >= 4 is 0 Å². The minimum absolute atomic E-state index is 0.496. The molecule has 0 bridgehead atoms. The minimum Gasteiger partial charge on any atom is -0.493 e. The molecule has 1 aliphatic rings. The van der Waals surface area contributed by atoms with Crippen molar-refractivity contribution in [2.45, 2.75) is 96.5 Å². The molecule has 6 nitrogen and oxygen atoms in total. The highest BCUT2D eigenvalue weighted by Gasteiger charge is 2.12. The van der Waals surface area contributed by atoms with Gasteiger partial charge in [0.05, 0.1) is 6.61 Å². The SMILES string of the molecule is c1ccc2c(c1)CCCOCCCCCOCCCCCOCCCCCOCCCCCOc1ccccc1-c1ccccc1CO2. The highest BCUT2D eigenvalue weighted by Crippen LogP contribution is 2.33. The summed E-state index contributed by atoms with van der Waals surface area (Å²) in [5.41, 5.74) is 4.62. The Morgan fingerprint density at radius 1 is 0.312 bits per heavy atom. The molecule has 0 amide bonds. The Kier molecular flexibility index (Phi) is 19.8. The molecule has 1 heterocycles. The van der Waals surface area contributed by atoms with Crippen molar-refractivity contribution < 1.29 is 28.4 Å². The first-order valence-electron chi connectivity index (χ1n) is 18.7. The van der Waals surface area contributed by atoms with E-state index in [2.05, 4.69) is 66.7 Å². The molecule has 0 saturated heterocycles. The van der Waals surface area contributed by atoms with Gasteiger partial charge in [0.1, 0.15) is 18.1 Å². The van der Waals surface area contributed by atoms with Gasteiger partial charge in [0.2, 0.25) is 0 Å². The summed E-state index contributed by atoms with van der Waals surface area (Å²) in [4.78, 5) is 0. The van der Waals surface area contributed by atoms with Gasteiger partial charge in [-0.2, -0.15) is 0 Å². The summed E-state index contributed by atoms with van der Waals surface area (Å²) >= 11 is 0. The van der Waals surface area contributed by atoms with E-state index < -0.39 is 0 Å². The van der Waals surface area contributed by atoms with Crippen LogP contribution in [0.4, 0.5) is 0 Å². The number of rotatable bonds is 0. The van der Waals surface area contributed by atoms with E-state index in [0.29, 0.717) is 13.2 Å². The summed E-state index contributed by atoms with van der Waals surface area (Å²) in [6.07, 6.45) is 15.2. The summed E-state index contributed by atoms with van der Waals surface area (Å²) in [5.74, 6) is 1.86. The maximum atomic E-state index is 6.45. The van der Waals surface area contributed by atoms with Gasteiger partial charge in [0.15, 0.2) is 0 Å². The maximum Gasteiger partial charge on any atom is 0.127 e. The van der Waals surface area contributed by atoms with E-state index in [1.165, 1.54) is 12.0 Å². The molecule has 0 radical (unpaired) electrons. The topological polar surface area (TPSA) is 55.4 Å². The summed E-state index contributed by atoms with van der Waals surface area (Å²) < 4.78 is 36.2. The number of aryl methyl sites for hydroxylation is 1. The molecule has 3 aromatic carbocycles. The first kappa shape index (κ1) is 37.9. The molecule has 0 unspecified atom stereocenters. The second kappa shape index (κ2) is 25.1. The molecule has 0 N–H and O–H groups in total. The quantitative estimate of drug-likeness (QED) is 0.239. The van der Waals surface area contributed by atoms with Gasteiger partial charge < -0.3 is 28.4 Å². The van der Waals surface area contributed by atoms with Crippen LogP contribution in [0.3, 0.4) is 0 Å². The second-order valence-corrected chi connectivity index (χ2v) is 12.7. The largest absolute Gasteiger partial charge is 0.493 e. The third-order valence-corrected chi connectivity index (χ3v) is 8.71. The monoisotopic (exact) mass is 660 g/mol. The molecule has 0 saturated carbocycles. The second-order valence-electron chi connectivity index (χ2n) is 12.7. The predicted molar refractivity (Wildman–Crippen MR) is 195 cm³/mol. The molecule has 264 valence electrons. The lowest BCUT2D eigenvalue weighted by Crippen LogP contribution is -2.04. The van der Waals surface area contributed by atoms with Crippen LogP contribution in [0.2, 0.25) is 0 Å². The molecular formula is C42H60O6. The normalized spacial score (nSPS) is 18.9. The molecule has 0 aliphatic carbocycles. The number of hydrogen-bond donors (Lipinski definition) is 0. The standard InChI is InChI=1S/C42H60O6/c1-11-27-43-28-13-2-14-31-45-32-17-4-18-35-47-42-26-10-8-24-40(42)39-23-7-5-21-38(39)36-48-41-25-9-6-20-37(41)22-19-34-46-33-16-3-15-30-44-29-12-1/h5-10,20-21,23-26H,1-4,11-19,22,27-36H2. The summed E-state index contributed by atoms with van der Waals surface area (Å²) in [6.45, 7) is 7.85. The number of hydrogen-bond acceptors (Lipinski definition) is 6. The first-order chi connectivity index (χ1) is 23.9. The molecule has 6 heteroatoms. The zero-order valence-corrected chi connectivity index (χ0v) is 29.3. The first-order valence-corrected chi connectivity index (χ1v) is 18.7. The zero-order chi connectivity index (χ0) is 33.2. The molecule has 3 aromatic rings. The molecule has 4 rings (SSSR count). The Bertz CT molecular complexity index is 1230. The lowest BCUT2D eigenvalue weighted by molar-refractivity contribution is 0.102. The third-order valence-electron chi connectivity index (χ3n) is 8.71. The van der Waals surface area contributed by atoms with Gasteiger partial charge in [-0.25, -0.2) is 0 Å². The maximum absolute atomic E-state index is 6.45. The van der Waals surface area contributed by atoms with Crippen LogP contribution in [0.5, 0.6) is 11.5 Å². The Hall–Kier alpha value is -2.90. The van der Waals surface area contributed by atoms with E-state index in [1.54, 1.807) is 0 Å². The van der Waals surface area contributed by atoms with Crippen molar-refractivity contribution in [2.75, 3.05) is 59.5 Å². The van der Waals surface area contributed by atoms with Gasteiger partial charge in [0.25, 0.3) is 0 Å². The third kappa shape index (κ3) is 15.5. The Labute approximate surface area is 290 Å². The molecule has 48 heavy (non-hydrogen) atoms. The molecule has 0 fully saturated rings. The van der Waals surface area contributed by atoms with Gasteiger partial charge in [-0.05, 0) is 119 Å². The molecule has 0 spiro atoms. The van der Waals surface area contributed by atoms with Crippen molar-refractivity contribution in [1.29, 1.82) is 0 Å². The van der Waals surface area contributed by atoms with Gasteiger partial charge in [-0.1, -0.05) is 60.7 Å². The summed E-state index contributed by atoms with van der Waals surface area (Å²) in [7, 11) is 0. The Balaban J connectivity index is 1.27. The van der Waals surface area contributed by atoms with E-state index >= 15 is 0 Å². The summed E-state index contributed by atoms with van der Waals surface area (Å²) in [5, 5.41) is 0. The lowest BCUT2D eigenvalue weighted by Gasteiger charge is -2.16. The molecular weight excluding hydrogens is 600 g/mol. The fourth-order valence-electron chi connectivity index (χ4n) is 5.92. The van der Waals surface area contributed by atoms with Gasteiger partial charge >= 0.3 is 0 Å². The number of ether oxygens (including phenoxy) is 6. The summed E-state index contributed by atoms with van der Waals surface area (Å²) in [6, 6.07) is 25.2. The highest BCUT2D eigenvalue weighted by atomic mass is 16.5. The lowest BCUT2D eigenvalue weighted by atomic mass is 9.99. The van der Waals surface area contributed by atoms with Crippen LogP contribution in [0.1, 0.15) is 94.6 Å². The fraction of sp³-hybridized carbons (Fsp3) is 0.571. The molecule has 0 atom stereocenters. The van der Waals surface area contributed by atoms with Crippen LogP contribution in [-0.4, -0.2) is 59.5 Å². The van der Waals surface area contributed by atoms with Crippen LogP contribution in [-0.2, 0) is 32.0 Å². The van der Waals surface area contributed by atoms with Crippen molar-refractivity contribution in [1.82, 2.24) is 0 Å². The fourth-order valence-corrected chi connectivity index (χ4v) is 5.92. The molecule has 0 aromatic heterocycles. The van der Waals surface area contributed by atoms with Gasteiger partial charge in [-0.3, -0.25) is 0 Å². The van der Waals surface area contributed by atoms with E-state index in [1.807, 2.05) is 6.07 Å². The minimum atomic E-state index is 0.496. The van der Waals surface area contributed by atoms with Crippen molar-refractivity contribution in [3.8, 4) is 22.6 Å². The van der Waals surface area contributed by atoms with Crippen molar-refractivity contribution in [3.63, 3.8) is 0 Å². The van der Waals surface area contributed by atoms with Crippen LogP contribution >= 0.6 is 0 Å². The number of benzene rings is 3. The Morgan fingerprint density at radius 2 is 0.729 bits per heavy atom. The number of fused-ring (bicyclic) bond motifs is 4. The average molecular weight is 661 g/mol. The van der Waals surface area contributed by atoms with Crippen molar-refractivity contribution in [3.05, 3.63) is 83.9 Å².